The van der Waals surface area contributed by atoms with Crippen molar-refractivity contribution in [2.45, 2.75) is 72.1 Å². The van der Waals surface area contributed by atoms with Crippen LogP contribution in [0.1, 0.15) is 88.3 Å². The number of unbranched alkanes of at least 4 members (excludes halogenated alkanes) is 2. The van der Waals surface area contributed by atoms with Gasteiger partial charge in [-0.1, -0.05) is 50.5 Å². The number of carbonyl (C=O) groups is 2. The Balaban J connectivity index is 2.93. The molecule has 0 bridgehead atoms. The van der Waals surface area contributed by atoms with Crippen LogP contribution in [-0.4, -0.2) is 22.0 Å². The fourth-order valence-corrected chi connectivity index (χ4v) is 2.90. The van der Waals surface area contributed by atoms with E-state index >= 15 is 0 Å². The Morgan fingerprint density at radius 2 is 1.90 bits per heavy atom. The molecule has 6 heteroatoms. The fourth-order valence-electron chi connectivity index (χ4n) is 2.90. The quantitative estimate of drug-likeness (QED) is 0.201. The first-order chi connectivity index (χ1) is 14.2. The maximum atomic E-state index is 12.6. The molecule has 0 saturated heterocycles. The topological polar surface area (TPSA) is 105 Å². The minimum Gasteiger partial charge on any atom is -0.507 e. The Hall–Kier alpha value is -2.89. The van der Waals surface area contributed by atoms with Gasteiger partial charge in [0.2, 0.25) is 0 Å². The van der Waals surface area contributed by atoms with E-state index in [9.17, 15) is 19.5 Å². The fraction of sp³-hybridized carbons (Fsp3) is 0.458. The molecule has 0 aliphatic rings. The molecule has 0 aliphatic heterocycles. The summed E-state index contributed by atoms with van der Waals surface area (Å²) in [6, 6.07) is 1.29. The first-order valence-corrected chi connectivity index (χ1v) is 10.3. The Bertz CT molecular complexity index is 885. The van der Waals surface area contributed by atoms with E-state index in [-0.39, 0.29) is 17.2 Å². The van der Waals surface area contributed by atoms with Crippen molar-refractivity contribution in [2.24, 2.45) is 0 Å². The Kier molecular flexibility index (Phi) is 10.6. The Labute approximate surface area is 177 Å². The lowest BCUT2D eigenvalue weighted by Gasteiger charge is -2.11. The molecule has 6 nitrogen and oxygen atoms in total. The monoisotopic (exact) mass is 416 g/mol. The van der Waals surface area contributed by atoms with E-state index in [4.69, 9.17) is 9.52 Å². The molecular weight excluding hydrogens is 384 g/mol. The Morgan fingerprint density at radius 1 is 1.20 bits per heavy atom. The molecule has 1 unspecified atom stereocenters. The predicted octanol–water partition coefficient (Wildman–Crippen LogP) is 5.53. The normalized spacial score (nSPS) is 13.6. The van der Waals surface area contributed by atoms with Gasteiger partial charge < -0.3 is 14.6 Å². The first kappa shape index (κ1) is 25.1. The molecule has 1 atom stereocenters. The summed E-state index contributed by atoms with van der Waals surface area (Å²) in [5.41, 5.74) is 0.238. The van der Waals surface area contributed by atoms with Crippen molar-refractivity contribution in [3.8, 4) is 5.75 Å². The van der Waals surface area contributed by atoms with Crippen molar-refractivity contribution in [3.63, 3.8) is 0 Å². The molecule has 1 rings (SSSR count). The third-order valence-corrected chi connectivity index (χ3v) is 4.84. The number of aromatic hydroxyl groups is 1. The minimum absolute atomic E-state index is 0.225. The average Bonchev–Trinajstić information content (AvgIpc) is 2.68. The summed E-state index contributed by atoms with van der Waals surface area (Å²) in [6.07, 6.45) is 11.4. The zero-order chi connectivity index (χ0) is 22.7. The van der Waals surface area contributed by atoms with Crippen LogP contribution in [0.2, 0.25) is 0 Å². The van der Waals surface area contributed by atoms with Crippen LogP contribution in [0.3, 0.4) is 0 Å². The SMILES string of the molecule is CCCCC/C(C)=C\C=C(/C)C(=O)c1c(O)cc(C(C)CC/C=C/C(=O)O)oc1=O. The number of rotatable bonds is 12. The molecule has 0 aromatic carbocycles. The van der Waals surface area contributed by atoms with Gasteiger partial charge in [-0.25, -0.2) is 9.59 Å². The highest BCUT2D eigenvalue weighted by Gasteiger charge is 2.21. The molecule has 0 spiro atoms. The number of hydrogen-bond donors (Lipinski definition) is 2. The van der Waals surface area contributed by atoms with Gasteiger partial charge in [0.05, 0.1) is 0 Å². The van der Waals surface area contributed by atoms with E-state index in [0.29, 0.717) is 18.4 Å². The molecule has 0 amide bonds. The van der Waals surface area contributed by atoms with Crippen LogP contribution in [0.15, 0.2) is 50.7 Å². The Morgan fingerprint density at radius 3 is 2.50 bits per heavy atom. The molecule has 30 heavy (non-hydrogen) atoms. The number of carboxylic acids is 1. The maximum Gasteiger partial charge on any atom is 0.351 e. The van der Waals surface area contributed by atoms with Gasteiger partial charge in [0, 0.05) is 18.1 Å². The van der Waals surface area contributed by atoms with Crippen LogP contribution in [0.4, 0.5) is 0 Å². The predicted molar refractivity (Wildman–Crippen MR) is 117 cm³/mol. The number of carboxylic acid groups (broad SMARTS) is 1. The van der Waals surface area contributed by atoms with Gasteiger partial charge in [-0.3, -0.25) is 4.79 Å². The molecule has 164 valence electrons. The van der Waals surface area contributed by atoms with Gasteiger partial charge in [-0.2, -0.15) is 0 Å². The van der Waals surface area contributed by atoms with Crippen LogP contribution >= 0.6 is 0 Å². The van der Waals surface area contributed by atoms with Crippen molar-refractivity contribution < 1.29 is 24.2 Å². The van der Waals surface area contributed by atoms with Gasteiger partial charge in [0.25, 0.3) is 0 Å². The highest BCUT2D eigenvalue weighted by Crippen LogP contribution is 2.26. The average molecular weight is 417 g/mol. The third-order valence-electron chi connectivity index (χ3n) is 4.84. The summed E-state index contributed by atoms with van der Waals surface area (Å²) in [5, 5.41) is 18.9. The second kappa shape index (κ2) is 12.6. The number of hydrogen-bond acceptors (Lipinski definition) is 5. The van der Waals surface area contributed by atoms with Gasteiger partial charge >= 0.3 is 11.6 Å². The zero-order valence-corrected chi connectivity index (χ0v) is 18.2. The lowest BCUT2D eigenvalue weighted by Crippen LogP contribution is -2.16. The number of allylic oxidation sites excluding steroid dienone is 5. The van der Waals surface area contributed by atoms with Crippen LogP contribution < -0.4 is 5.63 Å². The highest BCUT2D eigenvalue weighted by atomic mass is 16.4. The molecule has 0 saturated carbocycles. The largest absolute Gasteiger partial charge is 0.507 e. The van der Waals surface area contributed by atoms with Crippen molar-refractivity contribution in [1.29, 1.82) is 0 Å². The van der Waals surface area contributed by atoms with Crippen LogP contribution in [0, 0.1) is 0 Å². The first-order valence-electron chi connectivity index (χ1n) is 10.3. The molecule has 1 heterocycles. The maximum absolute atomic E-state index is 12.6. The van der Waals surface area contributed by atoms with Crippen molar-refractivity contribution in [1.82, 2.24) is 0 Å². The van der Waals surface area contributed by atoms with Gasteiger partial charge in [0.1, 0.15) is 17.1 Å². The van der Waals surface area contributed by atoms with Crippen molar-refractivity contribution in [2.75, 3.05) is 0 Å². The molecular formula is C24H32O6. The molecule has 1 aromatic heterocycles. The zero-order valence-electron chi connectivity index (χ0n) is 18.2. The van der Waals surface area contributed by atoms with E-state index in [0.717, 1.165) is 37.3 Å². The molecule has 2 N–H and O–H groups in total. The molecule has 0 aliphatic carbocycles. The minimum atomic E-state index is -1.02. The van der Waals surface area contributed by atoms with Gasteiger partial charge in [0.15, 0.2) is 5.78 Å². The molecule has 0 radical (unpaired) electrons. The number of carbonyl (C=O) groups excluding carboxylic acids is 1. The lowest BCUT2D eigenvalue weighted by molar-refractivity contribution is -0.131. The van der Waals surface area contributed by atoms with Gasteiger partial charge in [-0.05, 0) is 45.1 Å². The summed E-state index contributed by atoms with van der Waals surface area (Å²) < 4.78 is 5.27. The number of ketones is 1. The van der Waals surface area contributed by atoms with Crippen LogP contribution in [0.5, 0.6) is 5.75 Å². The summed E-state index contributed by atoms with van der Waals surface area (Å²) in [6.45, 7) is 7.54. The standard InChI is InChI=1S/C24H32O6/c1-5-6-7-10-16(2)13-14-18(4)23(28)22-19(25)15-20(30-24(22)29)17(3)11-8-9-12-21(26)27/h9,12-15,17,25H,5-8,10-11H2,1-4H3,(H,26,27)/b12-9+,16-13-,18-14+. The second-order valence-electron chi connectivity index (χ2n) is 7.56. The van der Waals surface area contributed by atoms with E-state index < -0.39 is 23.1 Å². The molecule has 1 aromatic rings. The van der Waals surface area contributed by atoms with Gasteiger partial charge in [-0.15, -0.1) is 0 Å². The lowest BCUT2D eigenvalue weighted by atomic mass is 9.99. The summed E-state index contributed by atoms with van der Waals surface area (Å²) in [4.78, 5) is 35.5. The van der Waals surface area contributed by atoms with E-state index in [1.807, 2.05) is 13.0 Å². The summed E-state index contributed by atoms with van der Waals surface area (Å²) in [7, 11) is 0. The van der Waals surface area contributed by atoms with E-state index in [1.165, 1.54) is 12.1 Å². The van der Waals surface area contributed by atoms with Crippen LogP contribution in [0.25, 0.3) is 0 Å². The smallest absolute Gasteiger partial charge is 0.351 e. The highest BCUT2D eigenvalue weighted by molar-refractivity contribution is 6.09. The van der Waals surface area contributed by atoms with E-state index in [1.54, 1.807) is 19.9 Å². The summed E-state index contributed by atoms with van der Waals surface area (Å²) >= 11 is 0. The third kappa shape index (κ3) is 8.23. The van der Waals surface area contributed by atoms with E-state index in [2.05, 4.69) is 6.92 Å². The summed E-state index contributed by atoms with van der Waals surface area (Å²) in [5.74, 6) is -1.97. The number of Topliss-reactive ketones (excluding diaryl/α,β-unsaturated/α-hetero) is 1. The number of aliphatic carboxylic acids is 1. The molecule has 0 fully saturated rings. The van der Waals surface area contributed by atoms with Crippen molar-refractivity contribution >= 4 is 11.8 Å². The van der Waals surface area contributed by atoms with Crippen molar-refractivity contribution in [3.05, 3.63) is 63.3 Å². The van der Waals surface area contributed by atoms with Crippen LogP contribution in [-0.2, 0) is 4.79 Å². The second-order valence-corrected chi connectivity index (χ2v) is 7.56.